The number of aromatic nitrogens is 1. The van der Waals surface area contributed by atoms with Gasteiger partial charge in [-0.1, -0.05) is 30.3 Å². The van der Waals surface area contributed by atoms with Gasteiger partial charge in [0, 0.05) is 17.5 Å². The molecule has 0 spiro atoms. The predicted molar refractivity (Wildman–Crippen MR) is 66.4 cm³/mol. The van der Waals surface area contributed by atoms with Gasteiger partial charge in [0.15, 0.2) is 0 Å². The molecule has 0 aliphatic heterocycles. The maximum atomic E-state index is 4.53. The second-order valence-electron chi connectivity index (χ2n) is 4.43. The first-order valence-electron chi connectivity index (χ1n) is 5.89. The second-order valence-corrected chi connectivity index (χ2v) is 4.43. The Labute approximate surface area is 96.2 Å². The third kappa shape index (κ3) is 1.44. The van der Waals surface area contributed by atoms with E-state index in [2.05, 4.69) is 42.2 Å². The van der Waals surface area contributed by atoms with Crippen molar-refractivity contribution in [3.05, 3.63) is 53.3 Å². The van der Waals surface area contributed by atoms with Crippen molar-refractivity contribution in [1.82, 2.24) is 4.98 Å². The standard InChI is InChI=1S/C15H15N/c1-11-13-8-5-9-14(13)15(10-16-11)12-6-3-2-4-7-12/h2-4,6-7,10H,5,8-9H2,1H3. The molecular weight excluding hydrogens is 194 g/mol. The SMILES string of the molecule is Cc1ncc(-c2ccccc2)c2c1CCC2. The van der Waals surface area contributed by atoms with Gasteiger partial charge in [-0.3, -0.25) is 4.98 Å². The third-order valence-electron chi connectivity index (χ3n) is 3.45. The predicted octanol–water partition coefficient (Wildman–Crippen LogP) is 3.55. The summed E-state index contributed by atoms with van der Waals surface area (Å²) in [4.78, 5) is 4.53. The smallest absolute Gasteiger partial charge is 0.0407 e. The van der Waals surface area contributed by atoms with Crippen LogP contribution in [-0.2, 0) is 12.8 Å². The average molecular weight is 209 g/mol. The van der Waals surface area contributed by atoms with Crippen molar-refractivity contribution in [3.63, 3.8) is 0 Å². The van der Waals surface area contributed by atoms with Crippen molar-refractivity contribution in [1.29, 1.82) is 0 Å². The van der Waals surface area contributed by atoms with Crippen LogP contribution < -0.4 is 0 Å². The zero-order chi connectivity index (χ0) is 11.0. The van der Waals surface area contributed by atoms with Crippen molar-refractivity contribution in [2.45, 2.75) is 26.2 Å². The van der Waals surface area contributed by atoms with E-state index in [0.29, 0.717) is 0 Å². The lowest BCUT2D eigenvalue weighted by Gasteiger charge is -2.10. The third-order valence-corrected chi connectivity index (χ3v) is 3.45. The van der Waals surface area contributed by atoms with Gasteiger partial charge in [0.1, 0.15) is 0 Å². The first-order valence-corrected chi connectivity index (χ1v) is 5.89. The van der Waals surface area contributed by atoms with E-state index in [9.17, 15) is 0 Å². The molecule has 1 heteroatoms. The van der Waals surface area contributed by atoms with Crippen LogP contribution in [0.1, 0.15) is 23.2 Å². The topological polar surface area (TPSA) is 12.9 Å². The lowest BCUT2D eigenvalue weighted by atomic mass is 9.98. The first kappa shape index (κ1) is 9.59. The summed E-state index contributed by atoms with van der Waals surface area (Å²) in [5.41, 5.74) is 6.86. The minimum Gasteiger partial charge on any atom is -0.261 e. The van der Waals surface area contributed by atoms with Crippen molar-refractivity contribution in [2.24, 2.45) is 0 Å². The van der Waals surface area contributed by atoms with Crippen LogP contribution in [0.25, 0.3) is 11.1 Å². The van der Waals surface area contributed by atoms with E-state index >= 15 is 0 Å². The van der Waals surface area contributed by atoms with Crippen LogP contribution >= 0.6 is 0 Å². The molecular formula is C15H15N. The zero-order valence-electron chi connectivity index (χ0n) is 9.53. The number of aryl methyl sites for hydroxylation is 1. The highest BCUT2D eigenvalue weighted by Gasteiger charge is 2.18. The highest BCUT2D eigenvalue weighted by Crippen LogP contribution is 2.32. The van der Waals surface area contributed by atoms with E-state index < -0.39 is 0 Å². The number of pyridine rings is 1. The molecule has 1 aliphatic rings. The Bertz CT molecular complexity index is 514. The van der Waals surface area contributed by atoms with Gasteiger partial charge in [-0.05, 0) is 42.9 Å². The molecule has 0 N–H and O–H groups in total. The van der Waals surface area contributed by atoms with Crippen molar-refractivity contribution in [2.75, 3.05) is 0 Å². The maximum absolute atomic E-state index is 4.53. The largest absolute Gasteiger partial charge is 0.261 e. The number of hydrogen-bond acceptors (Lipinski definition) is 1. The van der Waals surface area contributed by atoms with Gasteiger partial charge in [0.05, 0.1) is 0 Å². The molecule has 16 heavy (non-hydrogen) atoms. The summed E-state index contributed by atoms with van der Waals surface area (Å²) in [6, 6.07) is 10.6. The Balaban J connectivity index is 2.20. The van der Waals surface area contributed by atoms with Crippen molar-refractivity contribution in [3.8, 4) is 11.1 Å². The van der Waals surface area contributed by atoms with Crippen LogP contribution in [0.15, 0.2) is 36.5 Å². The van der Waals surface area contributed by atoms with E-state index in [4.69, 9.17) is 0 Å². The van der Waals surface area contributed by atoms with Crippen LogP contribution in [0.2, 0.25) is 0 Å². The molecule has 1 aromatic carbocycles. The molecule has 1 aliphatic carbocycles. The van der Waals surface area contributed by atoms with Crippen LogP contribution in [0.5, 0.6) is 0 Å². The van der Waals surface area contributed by atoms with E-state index in [1.54, 1.807) is 0 Å². The van der Waals surface area contributed by atoms with Gasteiger partial charge in [-0.25, -0.2) is 0 Å². The Morgan fingerprint density at radius 2 is 1.75 bits per heavy atom. The highest BCUT2D eigenvalue weighted by molar-refractivity contribution is 5.69. The molecule has 0 saturated carbocycles. The second kappa shape index (κ2) is 3.75. The van der Waals surface area contributed by atoms with Gasteiger partial charge >= 0.3 is 0 Å². The van der Waals surface area contributed by atoms with E-state index in [-0.39, 0.29) is 0 Å². The molecule has 2 aromatic rings. The maximum Gasteiger partial charge on any atom is 0.0407 e. The molecule has 0 atom stereocenters. The summed E-state index contributed by atoms with van der Waals surface area (Å²) in [6.45, 7) is 2.12. The van der Waals surface area contributed by atoms with E-state index in [1.807, 2.05) is 6.20 Å². The molecule has 0 saturated heterocycles. The summed E-state index contributed by atoms with van der Waals surface area (Å²) in [6.07, 6.45) is 5.73. The minimum atomic E-state index is 1.20. The minimum absolute atomic E-state index is 1.20. The van der Waals surface area contributed by atoms with Crippen LogP contribution in [0, 0.1) is 6.92 Å². The fourth-order valence-electron chi connectivity index (χ4n) is 2.62. The Hall–Kier alpha value is -1.63. The molecule has 1 heterocycles. The molecule has 0 fully saturated rings. The lowest BCUT2D eigenvalue weighted by Crippen LogP contribution is -1.95. The van der Waals surface area contributed by atoms with Crippen LogP contribution in [0.4, 0.5) is 0 Å². The number of nitrogens with zero attached hydrogens (tertiary/aromatic N) is 1. The van der Waals surface area contributed by atoms with Crippen LogP contribution in [-0.4, -0.2) is 4.98 Å². The molecule has 1 nitrogen and oxygen atoms in total. The highest BCUT2D eigenvalue weighted by atomic mass is 14.7. The van der Waals surface area contributed by atoms with Crippen molar-refractivity contribution >= 4 is 0 Å². The summed E-state index contributed by atoms with van der Waals surface area (Å²) in [7, 11) is 0. The van der Waals surface area contributed by atoms with Gasteiger partial charge in [0.2, 0.25) is 0 Å². The monoisotopic (exact) mass is 209 g/mol. The summed E-state index contributed by atoms with van der Waals surface area (Å²) < 4.78 is 0. The lowest BCUT2D eigenvalue weighted by molar-refractivity contribution is 0.907. The molecule has 0 bridgehead atoms. The zero-order valence-corrected chi connectivity index (χ0v) is 9.53. The summed E-state index contributed by atoms with van der Waals surface area (Å²) >= 11 is 0. The number of hydrogen-bond donors (Lipinski definition) is 0. The molecule has 0 unspecified atom stereocenters. The fraction of sp³-hybridized carbons (Fsp3) is 0.267. The molecule has 0 amide bonds. The first-order chi connectivity index (χ1) is 7.86. The molecule has 0 radical (unpaired) electrons. The molecule has 3 rings (SSSR count). The Kier molecular flexibility index (Phi) is 2.24. The Morgan fingerprint density at radius 1 is 1.00 bits per heavy atom. The molecule has 1 aromatic heterocycles. The fourth-order valence-corrected chi connectivity index (χ4v) is 2.62. The normalized spacial score (nSPS) is 13.8. The molecule has 80 valence electrons. The van der Waals surface area contributed by atoms with Gasteiger partial charge in [-0.2, -0.15) is 0 Å². The summed E-state index contributed by atoms with van der Waals surface area (Å²) in [5, 5.41) is 0. The van der Waals surface area contributed by atoms with E-state index in [0.717, 1.165) is 0 Å². The number of rotatable bonds is 1. The van der Waals surface area contributed by atoms with E-state index in [1.165, 1.54) is 47.2 Å². The summed E-state index contributed by atoms with van der Waals surface area (Å²) in [5.74, 6) is 0. The van der Waals surface area contributed by atoms with Gasteiger partial charge < -0.3 is 0 Å². The number of benzene rings is 1. The Morgan fingerprint density at radius 3 is 2.56 bits per heavy atom. The van der Waals surface area contributed by atoms with Crippen molar-refractivity contribution < 1.29 is 0 Å². The number of fused-ring (bicyclic) bond motifs is 1. The van der Waals surface area contributed by atoms with Crippen LogP contribution in [0.3, 0.4) is 0 Å². The van der Waals surface area contributed by atoms with Gasteiger partial charge in [0.25, 0.3) is 0 Å². The average Bonchev–Trinajstić information content (AvgIpc) is 2.81. The van der Waals surface area contributed by atoms with Gasteiger partial charge in [-0.15, -0.1) is 0 Å². The quantitative estimate of drug-likeness (QED) is 0.700.